The zero-order valence-electron chi connectivity index (χ0n) is 7.90. The van der Waals surface area contributed by atoms with E-state index in [2.05, 4.69) is 6.07 Å². The molecule has 0 amide bonds. The molecule has 0 aliphatic heterocycles. The second kappa shape index (κ2) is 2.86. The summed E-state index contributed by atoms with van der Waals surface area (Å²) < 4.78 is 5.65. The van der Waals surface area contributed by atoms with E-state index < -0.39 is 0 Å². The number of hydrogen-bond donors (Lipinski definition) is 0. The SMILES string of the molecule is N#Cc1cccc2c1oc1ccccc12. The van der Waals surface area contributed by atoms with Gasteiger partial charge in [0.1, 0.15) is 11.7 Å². The first kappa shape index (κ1) is 8.07. The van der Waals surface area contributed by atoms with Crippen LogP contribution in [0.15, 0.2) is 46.9 Å². The van der Waals surface area contributed by atoms with Crippen LogP contribution in [0.4, 0.5) is 0 Å². The summed E-state index contributed by atoms with van der Waals surface area (Å²) in [5.74, 6) is 0. The van der Waals surface area contributed by atoms with Gasteiger partial charge < -0.3 is 4.42 Å². The number of rotatable bonds is 0. The average molecular weight is 193 g/mol. The molecule has 70 valence electrons. The molecule has 0 bridgehead atoms. The van der Waals surface area contributed by atoms with Crippen LogP contribution in [0.3, 0.4) is 0 Å². The summed E-state index contributed by atoms with van der Waals surface area (Å²) in [6, 6.07) is 15.6. The van der Waals surface area contributed by atoms with Crippen molar-refractivity contribution in [2.75, 3.05) is 0 Å². The molecule has 1 heterocycles. The summed E-state index contributed by atoms with van der Waals surface area (Å²) >= 11 is 0. The lowest BCUT2D eigenvalue weighted by molar-refractivity contribution is 0.667. The minimum Gasteiger partial charge on any atom is -0.455 e. The van der Waals surface area contributed by atoms with Crippen molar-refractivity contribution >= 4 is 21.9 Å². The third kappa shape index (κ3) is 1.04. The fourth-order valence-corrected chi connectivity index (χ4v) is 1.84. The van der Waals surface area contributed by atoms with Crippen molar-refractivity contribution in [1.29, 1.82) is 5.26 Å². The molecular weight excluding hydrogens is 186 g/mol. The molecule has 0 radical (unpaired) electrons. The minimum atomic E-state index is 0.587. The maximum atomic E-state index is 8.95. The van der Waals surface area contributed by atoms with E-state index in [0.717, 1.165) is 16.4 Å². The fourth-order valence-electron chi connectivity index (χ4n) is 1.84. The highest BCUT2D eigenvalue weighted by Gasteiger charge is 2.08. The molecule has 0 spiro atoms. The highest BCUT2D eigenvalue weighted by molar-refractivity contribution is 6.06. The monoisotopic (exact) mass is 193 g/mol. The lowest BCUT2D eigenvalue weighted by Crippen LogP contribution is -1.72. The Labute approximate surface area is 86.3 Å². The third-order valence-electron chi connectivity index (χ3n) is 2.52. The van der Waals surface area contributed by atoms with Gasteiger partial charge in [0.15, 0.2) is 5.58 Å². The standard InChI is InChI=1S/C13H7NO/c14-8-9-4-3-6-11-10-5-1-2-7-12(10)15-13(9)11/h1-7H. The van der Waals surface area contributed by atoms with E-state index in [1.165, 1.54) is 0 Å². The number of nitrogens with zero attached hydrogens (tertiary/aromatic N) is 1. The van der Waals surface area contributed by atoms with E-state index in [1.807, 2.05) is 36.4 Å². The topological polar surface area (TPSA) is 36.9 Å². The first-order chi connectivity index (χ1) is 7.40. The summed E-state index contributed by atoms with van der Waals surface area (Å²) in [4.78, 5) is 0. The second-order valence-corrected chi connectivity index (χ2v) is 3.39. The van der Waals surface area contributed by atoms with Crippen LogP contribution in [0.5, 0.6) is 0 Å². The third-order valence-corrected chi connectivity index (χ3v) is 2.52. The van der Waals surface area contributed by atoms with Crippen molar-refractivity contribution in [3.8, 4) is 6.07 Å². The van der Waals surface area contributed by atoms with Crippen molar-refractivity contribution in [3.63, 3.8) is 0 Å². The molecule has 1 aromatic heterocycles. The van der Waals surface area contributed by atoms with Gasteiger partial charge in [-0.15, -0.1) is 0 Å². The fraction of sp³-hybridized carbons (Fsp3) is 0. The van der Waals surface area contributed by atoms with Crippen LogP contribution in [-0.2, 0) is 0 Å². The van der Waals surface area contributed by atoms with Crippen molar-refractivity contribution in [2.24, 2.45) is 0 Å². The van der Waals surface area contributed by atoms with Gasteiger partial charge >= 0.3 is 0 Å². The number of benzene rings is 2. The van der Waals surface area contributed by atoms with E-state index >= 15 is 0 Å². The molecule has 2 aromatic carbocycles. The molecule has 0 N–H and O–H groups in total. The normalized spacial score (nSPS) is 10.6. The van der Waals surface area contributed by atoms with Crippen LogP contribution in [0.1, 0.15) is 5.56 Å². The van der Waals surface area contributed by atoms with Crippen LogP contribution in [0.25, 0.3) is 21.9 Å². The van der Waals surface area contributed by atoms with Gasteiger partial charge in [-0.2, -0.15) is 5.26 Å². The summed E-state index contributed by atoms with van der Waals surface area (Å²) in [5.41, 5.74) is 2.10. The summed E-state index contributed by atoms with van der Waals surface area (Å²) in [6.45, 7) is 0. The summed E-state index contributed by atoms with van der Waals surface area (Å²) in [5, 5.41) is 11.0. The van der Waals surface area contributed by atoms with Gasteiger partial charge in [-0.05, 0) is 12.1 Å². The van der Waals surface area contributed by atoms with E-state index in [9.17, 15) is 0 Å². The van der Waals surface area contributed by atoms with E-state index in [1.54, 1.807) is 6.07 Å². The van der Waals surface area contributed by atoms with Gasteiger partial charge in [-0.3, -0.25) is 0 Å². The highest BCUT2D eigenvalue weighted by atomic mass is 16.3. The van der Waals surface area contributed by atoms with Crippen molar-refractivity contribution in [1.82, 2.24) is 0 Å². The Bertz CT molecular complexity index is 688. The molecule has 0 aliphatic rings. The Morgan fingerprint density at radius 3 is 2.60 bits per heavy atom. The van der Waals surface area contributed by atoms with Gasteiger partial charge in [0.25, 0.3) is 0 Å². The van der Waals surface area contributed by atoms with Crippen LogP contribution in [0.2, 0.25) is 0 Å². The van der Waals surface area contributed by atoms with Gasteiger partial charge in [-0.25, -0.2) is 0 Å². The summed E-state index contributed by atoms with van der Waals surface area (Å²) in [7, 11) is 0. The molecular formula is C13H7NO. The van der Waals surface area contributed by atoms with Crippen LogP contribution in [0, 0.1) is 11.3 Å². The molecule has 0 saturated heterocycles. The minimum absolute atomic E-state index is 0.587. The molecule has 0 saturated carbocycles. The predicted octanol–water partition coefficient (Wildman–Crippen LogP) is 3.46. The average Bonchev–Trinajstić information content (AvgIpc) is 2.67. The number of furan rings is 1. The van der Waals surface area contributed by atoms with E-state index in [-0.39, 0.29) is 0 Å². The zero-order chi connectivity index (χ0) is 10.3. The van der Waals surface area contributed by atoms with Crippen molar-refractivity contribution in [2.45, 2.75) is 0 Å². The van der Waals surface area contributed by atoms with Gasteiger partial charge in [0.05, 0.1) is 5.56 Å². The Kier molecular flexibility index (Phi) is 1.54. The molecule has 3 rings (SSSR count). The van der Waals surface area contributed by atoms with Crippen LogP contribution >= 0.6 is 0 Å². The quantitative estimate of drug-likeness (QED) is 0.548. The molecule has 0 aliphatic carbocycles. The van der Waals surface area contributed by atoms with E-state index in [0.29, 0.717) is 11.1 Å². The largest absolute Gasteiger partial charge is 0.455 e. The second-order valence-electron chi connectivity index (χ2n) is 3.39. The molecule has 15 heavy (non-hydrogen) atoms. The van der Waals surface area contributed by atoms with Gasteiger partial charge in [0.2, 0.25) is 0 Å². The maximum Gasteiger partial charge on any atom is 0.153 e. The van der Waals surface area contributed by atoms with E-state index in [4.69, 9.17) is 9.68 Å². The molecule has 2 nitrogen and oxygen atoms in total. The van der Waals surface area contributed by atoms with Crippen molar-refractivity contribution < 1.29 is 4.42 Å². The molecule has 0 atom stereocenters. The molecule has 2 heteroatoms. The Morgan fingerprint density at radius 1 is 0.933 bits per heavy atom. The maximum absolute atomic E-state index is 8.95. The first-order valence-electron chi connectivity index (χ1n) is 4.70. The molecule has 3 aromatic rings. The lowest BCUT2D eigenvalue weighted by atomic mass is 10.1. The van der Waals surface area contributed by atoms with Crippen molar-refractivity contribution in [3.05, 3.63) is 48.0 Å². The summed E-state index contributed by atoms with van der Waals surface area (Å²) in [6.07, 6.45) is 0. The number of fused-ring (bicyclic) bond motifs is 3. The zero-order valence-corrected chi connectivity index (χ0v) is 7.90. The first-order valence-corrected chi connectivity index (χ1v) is 4.70. The molecule has 0 fully saturated rings. The smallest absolute Gasteiger partial charge is 0.153 e. The van der Waals surface area contributed by atoms with Crippen LogP contribution in [-0.4, -0.2) is 0 Å². The Hall–Kier alpha value is -2.27. The Morgan fingerprint density at radius 2 is 1.73 bits per heavy atom. The number of hydrogen-bond acceptors (Lipinski definition) is 2. The van der Waals surface area contributed by atoms with Gasteiger partial charge in [-0.1, -0.05) is 30.3 Å². The highest BCUT2D eigenvalue weighted by Crippen LogP contribution is 2.30. The predicted molar refractivity (Wildman–Crippen MR) is 58.4 cm³/mol. The molecule has 0 unspecified atom stereocenters. The number of nitriles is 1. The van der Waals surface area contributed by atoms with Gasteiger partial charge in [0, 0.05) is 10.8 Å². The van der Waals surface area contributed by atoms with Crippen LogP contribution < -0.4 is 0 Å². The Balaban J connectivity index is 2.61. The number of para-hydroxylation sites is 2. The lowest BCUT2D eigenvalue weighted by Gasteiger charge is -1.89.